The summed E-state index contributed by atoms with van der Waals surface area (Å²) >= 11 is 0. The Hall–Kier alpha value is -0.336. The SMILES string of the molecule is CCC(CCNC(=O)O[Si](C)(C)C)[SiH2]OC(C)C. The lowest BCUT2D eigenvalue weighted by atomic mass is 10.2. The Balaban J connectivity index is 3.76. The van der Waals surface area contributed by atoms with Gasteiger partial charge in [-0.1, -0.05) is 13.3 Å². The van der Waals surface area contributed by atoms with Crippen LogP contribution in [0.4, 0.5) is 4.79 Å². The van der Waals surface area contributed by atoms with Gasteiger partial charge in [0, 0.05) is 12.6 Å². The van der Waals surface area contributed by atoms with E-state index in [2.05, 4.69) is 26.1 Å². The molecule has 0 saturated carbocycles. The van der Waals surface area contributed by atoms with Gasteiger partial charge in [0.25, 0.3) is 0 Å². The molecule has 0 heterocycles. The van der Waals surface area contributed by atoms with Crippen LogP contribution in [-0.2, 0) is 8.85 Å². The van der Waals surface area contributed by atoms with Crippen molar-refractivity contribution in [1.82, 2.24) is 5.32 Å². The summed E-state index contributed by atoms with van der Waals surface area (Å²) in [5.41, 5.74) is 0.639. The molecule has 0 aliphatic rings. The Labute approximate surface area is 115 Å². The van der Waals surface area contributed by atoms with E-state index in [1.807, 2.05) is 19.6 Å². The van der Waals surface area contributed by atoms with Crippen LogP contribution in [0.3, 0.4) is 0 Å². The number of carbonyl (C=O) groups excluding carboxylic acids is 1. The Morgan fingerprint density at radius 3 is 2.39 bits per heavy atom. The summed E-state index contributed by atoms with van der Waals surface area (Å²) in [6.45, 7) is 13.0. The molecule has 0 fully saturated rings. The third-order valence-electron chi connectivity index (χ3n) is 2.46. The topological polar surface area (TPSA) is 47.6 Å². The zero-order valence-corrected chi connectivity index (χ0v) is 15.1. The van der Waals surface area contributed by atoms with Gasteiger partial charge < -0.3 is 14.2 Å². The molecule has 0 saturated heterocycles. The van der Waals surface area contributed by atoms with E-state index in [-0.39, 0.29) is 6.09 Å². The molecule has 0 rings (SSSR count). The Morgan fingerprint density at radius 2 is 1.94 bits per heavy atom. The molecular weight excluding hydrogens is 262 g/mol. The molecule has 0 aliphatic carbocycles. The van der Waals surface area contributed by atoms with Crippen molar-refractivity contribution < 1.29 is 13.6 Å². The number of nitrogens with one attached hydrogen (secondary N) is 1. The van der Waals surface area contributed by atoms with Crippen molar-refractivity contribution in [2.45, 2.75) is 64.9 Å². The van der Waals surface area contributed by atoms with Gasteiger partial charge in [-0.2, -0.15) is 0 Å². The lowest BCUT2D eigenvalue weighted by Crippen LogP contribution is -2.36. The van der Waals surface area contributed by atoms with Gasteiger partial charge >= 0.3 is 6.09 Å². The predicted octanol–water partition coefficient (Wildman–Crippen LogP) is 2.64. The van der Waals surface area contributed by atoms with Crippen LogP contribution in [0.2, 0.25) is 25.2 Å². The quantitative estimate of drug-likeness (QED) is 0.699. The highest BCUT2D eigenvalue weighted by Gasteiger charge is 2.19. The van der Waals surface area contributed by atoms with Crippen LogP contribution in [0.25, 0.3) is 0 Å². The van der Waals surface area contributed by atoms with Crippen molar-refractivity contribution >= 4 is 24.2 Å². The van der Waals surface area contributed by atoms with E-state index in [0.717, 1.165) is 12.8 Å². The first kappa shape index (κ1) is 17.7. The van der Waals surface area contributed by atoms with Crippen LogP contribution < -0.4 is 5.32 Å². The Kier molecular flexibility index (Phi) is 8.55. The molecular formula is C12H29NO3Si2. The fourth-order valence-electron chi connectivity index (χ4n) is 1.43. The molecule has 0 aromatic carbocycles. The monoisotopic (exact) mass is 291 g/mol. The highest BCUT2D eigenvalue weighted by Crippen LogP contribution is 2.14. The molecule has 4 nitrogen and oxygen atoms in total. The molecule has 108 valence electrons. The summed E-state index contributed by atoms with van der Waals surface area (Å²) in [5, 5.41) is 2.83. The fraction of sp³-hybridized carbons (Fsp3) is 0.917. The van der Waals surface area contributed by atoms with Crippen molar-refractivity contribution in [1.29, 1.82) is 0 Å². The number of hydrogen-bond donors (Lipinski definition) is 1. The van der Waals surface area contributed by atoms with Crippen molar-refractivity contribution in [3.8, 4) is 0 Å². The van der Waals surface area contributed by atoms with Crippen molar-refractivity contribution in [2.24, 2.45) is 0 Å². The van der Waals surface area contributed by atoms with Crippen LogP contribution in [0.1, 0.15) is 33.6 Å². The highest BCUT2D eigenvalue weighted by atomic mass is 28.4. The molecule has 6 heteroatoms. The van der Waals surface area contributed by atoms with Gasteiger partial charge in [0.2, 0.25) is 8.32 Å². The summed E-state index contributed by atoms with van der Waals surface area (Å²) in [4.78, 5) is 11.5. The standard InChI is InChI=1S/C12H29NO3Si2/c1-7-11(17-15-10(2)3)8-9-13-12(14)16-18(4,5)6/h10-11H,7-9,17H2,1-6H3,(H,13,14). The summed E-state index contributed by atoms with van der Waals surface area (Å²) in [5.74, 6) is 0. The van der Waals surface area contributed by atoms with Gasteiger partial charge in [-0.25, -0.2) is 4.79 Å². The van der Waals surface area contributed by atoms with E-state index in [4.69, 9.17) is 8.85 Å². The van der Waals surface area contributed by atoms with Crippen LogP contribution >= 0.6 is 0 Å². The maximum Gasteiger partial charge on any atom is 0.393 e. The third-order valence-corrected chi connectivity index (χ3v) is 5.58. The minimum absolute atomic E-state index is 0.268. The smallest absolute Gasteiger partial charge is 0.393 e. The van der Waals surface area contributed by atoms with Crippen molar-refractivity contribution in [3.63, 3.8) is 0 Å². The maximum atomic E-state index is 11.5. The molecule has 1 atom stereocenters. The minimum atomic E-state index is -1.76. The molecule has 0 aliphatic heterocycles. The van der Waals surface area contributed by atoms with Crippen LogP contribution in [-0.4, -0.2) is 36.8 Å². The Bertz CT molecular complexity index is 242. The summed E-state index contributed by atoms with van der Waals surface area (Å²) in [6, 6.07) is 0. The Morgan fingerprint density at radius 1 is 1.33 bits per heavy atom. The van der Waals surface area contributed by atoms with E-state index < -0.39 is 18.1 Å². The van der Waals surface area contributed by atoms with Crippen LogP contribution in [0.5, 0.6) is 0 Å². The zero-order chi connectivity index (χ0) is 14.2. The third kappa shape index (κ3) is 10.8. The van der Waals surface area contributed by atoms with Crippen molar-refractivity contribution in [3.05, 3.63) is 0 Å². The lowest BCUT2D eigenvalue weighted by molar-refractivity contribution is 0.198. The fourth-order valence-corrected chi connectivity index (χ4v) is 3.32. The van der Waals surface area contributed by atoms with E-state index in [0.29, 0.717) is 18.2 Å². The molecule has 1 N–H and O–H groups in total. The van der Waals surface area contributed by atoms with E-state index in [1.54, 1.807) is 0 Å². The molecule has 0 radical (unpaired) electrons. The highest BCUT2D eigenvalue weighted by molar-refractivity contribution is 6.71. The average molecular weight is 292 g/mol. The first-order valence-electron chi connectivity index (χ1n) is 6.83. The molecule has 0 aromatic heterocycles. The lowest BCUT2D eigenvalue weighted by Gasteiger charge is -2.19. The van der Waals surface area contributed by atoms with Gasteiger partial charge in [-0.3, -0.25) is 0 Å². The number of amides is 1. The van der Waals surface area contributed by atoms with Crippen molar-refractivity contribution in [2.75, 3.05) is 6.54 Å². The molecule has 0 spiro atoms. The largest absolute Gasteiger partial charge is 0.504 e. The van der Waals surface area contributed by atoms with E-state index in [1.165, 1.54) is 0 Å². The van der Waals surface area contributed by atoms with Crippen LogP contribution in [0, 0.1) is 0 Å². The molecule has 0 aromatic rings. The predicted molar refractivity (Wildman–Crippen MR) is 81.3 cm³/mol. The normalized spacial score (nSPS) is 14.2. The van der Waals surface area contributed by atoms with Crippen LogP contribution in [0.15, 0.2) is 0 Å². The number of carbonyl (C=O) groups is 1. The number of rotatable bonds is 8. The first-order chi connectivity index (χ1) is 8.24. The number of hydrogen-bond acceptors (Lipinski definition) is 3. The summed E-state index contributed by atoms with van der Waals surface area (Å²) in [7, 11) is -2.25. The minimum Gasteiger partial charge on any atom is -0.504 e. The van der Waals surface area contributed by atoms with Gasteiger partial charge in [0.15, 0.2) is 9.76 Å². The van der Waals surface area contributed by atoms with E-state index >= 15 is 0 Å². The molecule has 0 bridgehead atoms. The second-order valence-corrected chi connectivity index (χ2v) is 12.1. The van der Waals surface area contributed by atoms with Gasteiger partial charge in [-0.05, 0) is 45.5 Å². The van der Waals surface area contributed by atoms with E-state index in [9.17, 15) is 4.79 Å². The second kappa shape index (κ2) is 8.71. The van der Waals surface area contributed by atoms with Gasteiger partial charge in [-0.15, -0.1) is 0 Å². The first-order valence-corrected chi connectivity index (χ1v) is 11.6. The summed E-state index contributed by atoms with van der Waals surface area (Å²) in [6.07, 6.45) is 2.19. The maximum absolute atomic E-state index is 11.5. The molecule has 1 amide bonds. The molecule has 1 unspecified atom stereocenters. The van der Waals surface area contributed by atoms with Gasteiger partial charge in [0.05, 0.1) is 0 Å². The summed E-state index contributed by atoms with van der Waals surface area (Å²) < 4.78 is 11.1. The second-order valence-electron chi connectivity index (χ2n) is 5.87. The zero-order valence-electron chi connectivity index (χ0n) is 12.7. The average Bonchev–Trinajstić information content (AvgIpc) is 2.20. The molecule has 18 heavy (non-hydrogen) atoms. The van der Waals surface area contributed by atoms with Gasteiger partial charge in [0.1, 0.15) is 0 Å².